The molecule has 1 amide bonds. The molecule has 6 nitrogen and oxygen atoms in total. The van der Waals surface area contributed by atoms with Gasteiger partial charge in [0.25, 0.3) is 0 Å². The Morgan fingerprint density at radius 1 is 1.26 bits per heavy atom. The zero-order valence-corrected chi connectivity index (χ0v) is 17.2. The first-order valence-corrected chi connectivity index (χ1v) is 10.8. The van der Waals surface area contributed by atoms with Gasteiger partial charge in [-0.1, -0.05) is 54.6 Å². The van der Waals surface area contributed by atoms with Crippen molar-refractivity contribution in [2.75, 3.05) is 12.3 Å². The van der Waals surface area contributed by atoms with Crippen LogP contribution in [0, 0.1) is 6.92 Å². The molecule has 0 unspecified atom stereocenters. The van der Waals surface area contributed by atoms with Crippen molar-refractivity contribution < 1.29 is 4.79 Å². The normalized spacial score (nSPS) is 10.9. The molecular weight excluding hydrogens is 378 g/mol. The van der Waals surface area contributed by atoms with Crippen LogP contribution in [0.15, 0.2) is 46.9 Å². The van der Waals surface area contributed by atoms with Crippen molar-refractivity contribution >= 4 is 29.0 Å². The van der Waals surface area contributed by atoms with Gasteiger partial charge < -0.3 is 4.90 Å². The Balaban J connectivity index is 1.59. The first-order valence-electron chi connectivity index (χ1n) is 8.90. The van der Waals surface area contributed by atoms with Crippen LogP contribution in [0.2, 0.25) is 0 Å². The predicted octanol–water partition coefficient (Wildman–Crippen LogP) is 3.62. The summed E-state index contributed by atoms with van der Waals surface area (Å²) in [5, 5.41) is 14.6. The quantitative estimate of drug-likeness (QED) is 0.513. The summed E-state index contributed by atoms with van der Waals surface area (Å²) in [6.07, 6.45) is 0.929. The third-order valence-electron chi connectivity index (χ3n) is 4.05. The number of carbonyl (C=O) groups excluding carboxylic acids is 1. The van der Waals surface area contributed by atoms with Crippen LogP contribution in [0.25, 0.3) is 0 Å². The fourth-order valence-corrected chi connectivity index (χ4v) is 4.11. The maximum atomic E-state index is 12.8. The van der Waals surface area contributed by atoms with Crippen LogP contribution >= 0.6 is 23.1 Å². The number of hydrogen-bond acceptors (Lipinski definition) is 6. The summed E-state index contributed by atoms with van der Waals surface area (Å²) >= 11 is 3.06. The van der Waals surface area contributed by atoms with Crippen molar-refractivity contribution in [1.29, 1.82) is 0 Å². The second-order valence-corrected chi connectivity index (χ2v) is 8.26. The first kappa shape index (κ1) is 19.6. The number of carbonyl (C=O) groups is 1. The number of tetrazole rings is 1. The van der Waals surface area contributed by atoms with Crippen molar-refractivity contribution in [2.45, 2.75) is 38.5 Å². The van der Waals surface area contributed by atoms with Crippen molar-refractivity contribution in [3.8, 4) is 0 Å². The summed E-state index contributed by atoms with van der Waals surface area (Å²) in [5.41, 5.74) is 2.37. The molecule has 0 aliphatic rings. The molecule has 0 saturated carbocycles. The average Bonchev–Trinajstić information content (AvgIpc) is 3.33. The molecule has 0 saturated heterocycles. The number of rotatable bonds is 9. The molecule has 0 bridgehead atoms. The van der Waals surface area contributed by atoms with Crippen LogP contribution in [0.5, 0.6) is 0 Å². The number of hydrogen-bond donors (Lipinski definition) is 0. The summed E-state index contributed by atoms with van der Waals surface area (Å²) < 4.78 is 1.74. The van der Waals surface area contributed by atoms with Gasteiger partial charge in [-0.05, 0) is 40.8 Å². The maximum Gasteiger partial charge on any atom is 0.233 e. The molecule has 0 spiro atoms. The van der Waals surface area contributed by atoms with E-state index >= 15 is 0 Å². The van der Waals surface area contributed by atoms with E-state index in [0.29, 0.717) is 24.0 Å². The van der Waals surface area contributed by atoms with Gasteiger partial charge in [-0.25, -0.2) is 4.68 Å². The van der Waals surface area contributed by atoms with Gasteiger partial charge >= 0.3 is 0 Å². The van der Waals surface area contributed by atoms with Crippen molar-refractivity contribution in [3.63, 3.8) is 0 Å². The van der Waals surface area contributed by atoms with Crippen LogP contribution in [0.4, 0.5) is 0 Å². The van der Waals surface area contributed by atoms with Crippen molar-refractivity contribution in [3.05, 3.63) is 57.8 Å². The van der Waals surface area contributed by atoms with E-state index in [-0.39, 0.29) is 5.91 Å². The molecule has 3 aromatic rings. The SMILES string of the molecule is CCCN(Cc1ccc(C)cc1)C(=O)CSc1nnnn1Cc1cccs1. The Labute approximate surface area is 167 Å². The fraction of sp³-hybridized carbons (Fsp3) is 0.368. The smallest absolute Gasteiger partial charge is 0.233 e. The maximum absolute atomic E-state index is 12.8. The Hall–Kier alpha value is -2.19. The summed E-state index contributed by atoms with van der Waals surface area (Å²) in [6.45, 7) is 6.16. The van der Waals surface area contributed by atoms with Gasteiger partial charge in [-0.2, -0.15) is 0 Å². The molecule has 3 rings (SSSR count). The van der Waals surface area contributed by atoms with Gasteiger partial charge in [0.05, 0.1) is 12.3 Å². The van der Waals surface area contributed by atoms with Gasteiger partial charge in [-0.3, -0.25) is 4.79 Å². The number of benzene rings is 1. The van der Waals surface area contributed by atoms with Gasteiger partial charge in [-0.15, -0.1) is 16.4 Å². The highest BCUT2D eigenvalue weighted by Crippen LogP contribution is 2.18. The number of aryl methyl sites for hydroxylation is 1. The van der Waals surface area contributed by atoms with E-state index in [9.17, 15) is 4.79 Å². The molecule has 0 fully saturated rings. The van der Waals surface area contributed by atoms with E-state index in [0.717, 1.165) is 18.5 Å². The molecule has 27 heavy (non-hydrogen) atoms. The molecule has 2 heterocycles. The minimum Gasteiger partial charge on any atom is -0.338 e. The highest BCUT2D eigenvalue weighted by atomic mass is 32.2. The molecule has 0 radical (unpaired) electrons. The van der Waals surface area contributed by atoms with E-state index in [2.05, 4.69) is 59.7 Å². The summed E-state index contributed by atoms with van der Waals surface area (Å²) in [6, 6.07) is 12.4. The Morgan fingerprint density at radius 3 is 2.78 bits per heavy atom. The zero-order valence-electron chi connectivity index (χ0n) is 15.5. The minimum absolute atomic E-state index is 0.105. The predicted molar refractivity (Wildman–Crippen MR) is 109 cm³/mol. The molecule has 0 N–H and O–H groups in total. The topological polar surface area (TPSA) is 63.9 Å². The molecular formula is C19H23N5OS2. The highest BCUT2D eigenvalue weighted by molar-refractivity contribution is 7.99. The number of nitrogens with zero attached hydrogens (tertiary/aromatic N) is 5. The van der Waals surface area contributed by atoms with Crippen LogP contribution in [-0.2, 0) is 17.9 Å². The lowest BCUT2D eigenvalue weighted by Gasteiger charge is -2.22. The van der Waals surface area contributed by atoms with Gasteiger partial charge in [0.1, 0.15) is 0 Å². The highest BCUT2D eigenvalue weighted by Gasteiger charge is 2.16. The van der Waals surface area contributed by atoms with Crippen LogP contribution in [0.1, 0.15) is 29.3 Å². The Bertz CT molecular complexity index is 845. The lowest BCUT2D eigenvalue weighted by molar-refractivity contribution is -0.129. The summed E-state index contributed by atoms with van der Waals surface area (Å²) in [4.78, 5) is 15.8. The first-order chi connectivity index (χ1) is 13.2. The Kier molecular flexibility index (Phi) is 7.00. The summed E-state index contributed by atoms with van der Waals surface area (Å²) in [7, 11) is 0. The monoisotopic (exact) mass is 401 g/mol. The molecule has 8 heteroatoms. The molecule has 0 aliphatic heterocycles. The zero-order chi connectivity index (χ0) is 19.1. The van der Waals surface area contributed by atoms with E-state index in [4.69, 9.17) is 0 Å². The molecule has 0 atom stereocenters. The lowest BCUT2D eigenvalue weighted by Crippen LogP contribution is -2.32. The fourth-order valence-electron chi connectivity index (χ4n) is 2.64. The lowest BCUT2D eigenvalue weighted by atomic mass is 10.1. The molecule has 1 aromatic carbocycles. The van der Waals surface area contributed by atoms with Gasteiger partial charge in [0.15, 0.2) is 0 Å². The second kappa shape index (κ2) is 9.66. The number of amides is 1. The van der Waals surface area contributed by atoms with Crippen molar-refractivity contribution in [1.82, 2.24) is 25.1 Å². The van der Waals surface area contributed by atoms with E-state index in [1.165, 1.54) is 22.2 Å². The van der Waals surface area contributed by atoms with E-state index < -0.39 is 0 Å². The largest absolute Gasteiger partial charge is 0.338 e. The average molecular weight is 402 g/mol. The molecule has 2 aromatic heterocycles. The minimum atomic E-state index is 0.105. The van der Waals surface area contributed by atoms with Gasteiger partial charge in [0.2, 0.25) is 11.1 Å². The molecule has 0 aliphatic carbocycles. The van der Waals surface area contributed by atoms with Gasteiger partial charge in [0, 0.05) is 18.0 Å². The van der Waals surface area contributed by atoms with Crippen molar-refractivity contribution in [2.24, 2.45) is 0 Å². The standard InChI is InChI=1S/C19H23N5OS2/c1-3-10-23(12-16-8-6-15(2)7-9-16)18(25)14-27-19-20-21-22-24(19)13-17-5-4-11-26-17/h4-9,11H,3,10,12-14H2,1-2H3. The number of thioether (sulfide) groups is 1. The third kappa shape index (κ3) is 5.64. The number of thiophene rings is 1. The Morgan fingerprint density at radius 2 is 2.07 bits per heavy atom. The van der Waals surface area contributed by atoms with E-state index in [1.54, 1.807) is 16.0 Å². The third-order valence-corrected chi connectivity index (χ3v) is 5.85. The van der Waals surface area contributed by atoms with Crippen LogP contribution < -0.4 is 0 Å². The van der Waals surface area contributed by atoms with E-state index in [1.807, 2.05) is 16.3 Å². The summed E-state index contributed by atoms with van der Waals surface area (Å²) in [5.74, 6) is 0.435. The number of aromatic nitrogens is 4. The molecule has 142 valence electrons. The van der Waals surface area contributed by atoms with Crippen LogP contribution in [-0.4, -0.2) is 43.3 Å². The van der Waals surface area contributed by atoms with Crippen LogP contribution in [0.3, 0.4) is 0 Å². The second-order valence-electron chi connectivity index (χ2n) is 6.29.